The zero-order chi connectivity index (χ0) is 21.5. The highest BCUT2D eigenvalue weighted by Crippen LogP contribution is 2.31. The second-order valence-electron chi connectivity index (χ2n) is 8.53. The van der Waals surface area contributed by atoms with Crippen molar-refractivity contribution in [3.8, 4) is 0 Å². The molecule has 0 fully saturated rings. The van der Waals surface area contributed by atoms with Gasteiger partial charge in [0.1, 0.15) is 0 Å². The highest BCUT2D eigenvalue weighted by molar-refractivity contribution is 5.76. The summed E-state index contributed by atoms with van der Waals surface area (Å²) in [4.78, 5) is 23.5. The fraction of sp³-hybridized carbons (Fsp3) is 0.636. The Hall–Kier alpha value is -1.92. The van der Waals surface area contributed by atoms with Gasteiger partial charge in [0.2, 0.25) is 0 Å². The molecule has 6 nitrogen and oxygen atoms in total. The Labute approximate surface area is 167 Å². The quantitative estimate of drug-likeness (QED) is 0.588. The van der Waals surface area contributed by atoms with Gasteiger partial charge in [0, 0.05) is 0 Å². The van der Waals surface area contributed by atoms with Crippen molar-refractivity contribution in [3.05, 3.63) is 35.4 Å². The predicted octanol–water partition coefficient (Wildman–Crippen LogP) is 3.71. The van der Waals surface area contributed by atoms with Crippen LogP contribution in [0.25, 0.3) is 0 Å². The molecule has 0 bridgehead atoms. The Morgan fingerprint density at radius 3 is 1.32 bits per heavy atom. The second kappa shape index (κ2) is 10.0. The van der Waals surface area contributed by atoms with Crippen molar-refractivity contribution in [2.75, 3.05) is 14.2 Å². The van der Waals surface area contributed by atoms with E-state index in [2.05, 4.69) is 0 Å². The van der Waals surface area contributed by atoms with Crippen LogP contribution in [0.5, 0.6) is 0 Å². The zero-order valence-electron chi connectivity index (χ0n) is 17.8. The van der Waals surface area contributed by atoms with Crippen molar-refractivity contribution >= 4 is 11.9 Å². The summed E-state index contributed by atoms with van der Waals surface area (Å²) in [6.07, 6.45) is 0.442. The third-order valence-corrected chi connectivity index (χ3v) is 5.27. The summed E-state index contributed by atoms with van der Waals surface area (Å²) in [5, 5.41) is 20.8. The number of hydrogen-bond acceptors (Lipinski definition) is 6. The molecule has 0 amide bonds. The van der Waals surface area contributed by atoms with Crippen molar-refractivity contribution in [2.24, 2.45) is 10.8 Å². The first-order valence-electron chi connectivity index (χ1n) is 9.57. The van der Waals surface area contributed by atoms with Crippen molar-refractivity contribution in [1.29, 1.82) is 0 Å². The fourth-order valence-electron chi connectivity index (χ4n) is 3.03. The Morgan fingerprint density at radius 2 is 1.07 bits per heavy atom. The molecule has 0 spiro atoms. The van der Waals surface area contributed by atoms with Gasteiger partial charge >= 0.3 is 11.9 Å². The molecule has 0 aromatic heterocycles. The molecule has 2 N–H and O–H groups in total. The lowest BCUT2D eigenvalue weighted by molar-refractivity contribution is -0.152. The molecule has 0 aliphatic rings. The van der Waals surface area contributed by atoms with Gasteiger partial charge in [-0.1, -0.05) is 24.3 Å². The van der Waals surface area contributed by atoms with Gasteiger partial charge in [-0.05, 0) is 64.5 Å². The van der Waals surface area contributed by atoms with E-state index in [1.165, 1.54) is 14.2 Å². The lowest BCUT2D eigenvalue weighted by Crippen LogP contribution is -2.26. The molecule has 0 heterocycles. The van der Waals surface area contributed by atoms with E-state index in [4.69, 9.17) is 9.47 Å². The van der Waals surface area contributed by atoms with Gasteiger partial charge in [0.05, 0.1) is 37.3 Å². The first-order valence-corrected chi connectivity index (χ1v) is 9.57. The summed E-state index contributed by atoms with van der Waals surface area (Å²) in [6.45, 7) is 7.17. The van der Waals surface area contributed by atoms with Crippen molar-refractivity contribution in [3.63, 3.8) is 0 Å². The largest absolute Gasteiger partial charge is 0.469 e. The number of aliphatic hydroxyl groups excluding tert-OH is 2. The molecular formula is C22H34O6. The minimum atomic E-state index is -0.701. The summed E-state index contributed by atoms with van der Waals surface area (Å²) >= 11 is 0. The van der Waals surface area contributed by atoms with Gasteiger partial charge in [-0.2, -0.15) is 0 Å². The summed E-state index contributed by atoms with van der Waals surface area (Å²) in [5.41, 5.74) is 0.148. The molecule has 0 saturated carbocycles. The SMILES string of the molecule is COC(=O)C(C)(C)CCC(O)c1ccc(C(O)CCC(C)(C)C(=O)OC)cc1. The summed E-state index contributed by atoms with van der Waals surface area (Å²) in [7, 11) is 2.72. The first kappa shape index (κ1) is 24.1. The molecule has 2 atom stereocenters. The molecular weight excluding hydrogens is 360 g/mol. The van der Waals surface area contributed by atoms with Crippen LogP contribution in [0.4, 0.5) is 0 Å². The third kappa shape index (κ3) is 6.60. The monoisotopic (exact) mass is 394 g/mol. The van der Waals surface area contributed by atoms with Crippen molar-refractivity contribution in [2.45, 2.75) is 65.6 Å². The first-order chi connectivity index (χ1) is 12.9. The van der Waals surface area contributed by atoms with Crippen LogP contribution in [-0.2, 0) is 19.1 Å². The van der Waals surface area contributed by atoms with E-state index < -0.39 is 23.0 Å². The molecule has 6 heteroatoms. The highest BCUT2D eigenvalue weighted by Gasteiger charge is 2.30. The molecule has 0 aliphatic carbocycles. The Morgan fingerprint density at radius 1 is 0.786 bits per heavy atom. The normalized spacial score (nSPS) is 14.3. The zero-order valence-corrected chi connectivity index (χ0v) is 17.8. The molecule has 28 heavy (non-hydrogen) atoms. The van der Waals surface area contributed by atoms with Crippen LogP contribution in [0.2, 0.25) is 0 Å². The highest BCUT2D eigenvalue weighted by atomic mass is 16.5. The number of methoxy groups -OCH3 is 2. The predicted molar refractivity (Wildman–Crippen MR) is 106 cm³/mol. The van der Waals surface area contributed by atoms with Crippen LogP contribution in [0.1, 0.15) is 76.7 Å². The Kier molecular flexibility index (Phi) is 8.64. The van der Waals surface area contributed by atoms with E-state index >= 15 is 0 Å². The number of aliphatic hydroxyl groups is 2. The lowest BCUT2D eigenvalue weighted by Gasteiger charge is -2.24. The summed E-state index contributed by atoms with van der Waals surface area (Å²) < 4.78 is 9.57. The van der Waals surface area contributed by atoms with Gasteiger partial charge in [-0.3, -0.25) is 9.59 Å². The van der Waals surface area contributed by atoms with E-state index in [1.807, 2.05) is 0 Å². The summed E-state index contributed by atoms with van der Waals surface area (Å²) in [5.74, 6) is -0.596. The van der Waals surface area contributed by atoms with E-state index in [0.717, 1.165) is 11.1 Å². The molecule has 0 radical (unpaired) electrons. The van der Waals surface area contributed by atoms with Crippen LogP contribution >= 0.6 is 0 Å². The molecule has 1 aromatic carbocycles. The minimum absolute atomic E-state index is 0.298. The van der Waals surface area contributed by atoms with Gasteiger partial charge < -0.3 is 19.7 Å². The summed E-state index contributed by atoms with van der Waals surface area (Å²) in [6, 6.07) is 7.11. The number of ether oxygens (including phenoxy) is 2. The fourth-order valence-corrected chi connectivity index (χ4v) is 3.03. The van der Waals surface area contributed by atoms with Gasteiger partial charge in [0.25, 0.3) is 0 Å². The molecule has 1 rings (SSSR count). The average Bonchev–Trinajstić information content (AvgIpc) is 2.68. The van der Waals surface area contributed by atoms with Gasteiger partial charge in [0.15, 0.2) is 0 Å². The van der Waals surface area contributed by atoms with Gasteiger partial charge in [-0.25, -0.2) is 0 Å². The van der Waals surface area contributed by atoms with Crippen LogP contribution in [0.3, 0.4) is 0 Å². The lowest BCUT2D eigenvalue weighted by atomic mass is 9.85. The van der Waals surface area contributed by atoms with Gasteiger partial charge in [-0.15, -0.1) is 0 Å². The second-order valence-corrected chi connectivity index (χ2v) is 8.53. The van der Waals surface area contributed by atoms with Crippen LogP contribution in [-0.4, -0.2) is 36.4 Å². The Bertz CT molecular complexity index is 590. The average molecular weight is 395 g/mol. The van der Waals surface area contributed by atoms with Crippen molar-refractivity contribution < 1.29 is 29.3 Å². The van der Waals surface area contributed by atoms with Crippen LogP contribution in [0.15, 0.2) is 24.3 Å². The maximum atomic E-state index is 11.7. The third-order valence-electron chi connectivity index (χ3n) is 5.27. The smallest absolute Gasteiger partial charge is 0.311 e. The van der Waals surface area contributed by atoms with Crippen LogP contribution in [0, 0.1) is 10.8 Å². The maximum Gasteiger partial charge on any atom is 0.311 e. The van der Waals surface area contributed by atoms with E-state index in [1.54, 1.807) is 52.0 Å². The Balaban J connectivity index is 2.65. The standard InChI is InChI=1S/C22H34O6/c1-21(2,19(25)27-5)13-11-17(23)15-7-9-16(10-8-15)18(24)12-14-22(3,4)20(26)28-6/h7-10,17-18,23-24H,11-14H2,1-6H3. The molecule has 1 aromatic rings. The number of carbonyl (C=O) groups excluding carboxylic acids is 2. The molecule has 0 saturated heterocycles. The van der Waals surface area contributed by atoms with E-state index in [0.29, 0.717) is 25.7 Å². The number of hydrogen-bond donors (Lipinski definition) is 2. The maximum absolute atomic E-state index is 11.7. The van der Waals surface area contributed by atoms with Crippen LogP contribution < -0.4 is 0 Å². The number of rotatable bonds is 10. The van der Waals surface area contributed by atoms with E-state index in [9.17, 15) is 19.8 Å². The van der Waals surface area contributed by atoms with Crippen molar-refractivity contribution in [1.82, 2.24) is 0 Å². The molecule has 2 unspecified atom stereocenters. The number of benzene rings is 1. The molecule has 158 valence electrons. The number of carbonyl (C=O) groups is 2. The minimum Gasteiger partial charge on any atom is -0.469 e. The topological polar surface area (TPSA) is 93.1 Å². The number of esters is 2. The molecule has 0 aliphatic heterocycles. The van der Waals surface area contributed by atoms with E-state index in [-0.39, 0.29) is 11.9 Å².